The van der Waals surface area contributed by atoms with E-state index in [-0.39, 0.29) is 47.4 Å². The fraction of sp³-hybridized carbons (Fsp3) is 0.667. The zero-order valence-corrected chi connectivity index (χ0v) is 17.7. The van der Waals surface area contributed by atoms with Crippen LogP contribution in [0, 0.1) is 0 Å². The van der Waals surface area contributed by atoms with E-state index in [4.69, 9.17) is 18.9 Å². The second kappa shape index (κ2) is 10.0. The SMILES string of the molecule is COC1C=CC(C=C=CBr)OC(C)C2OC(CC2Br)C(OC(C)=O)C1. The third-order valence-electron chi connectivity index (χ3n) is 4.32. The minimum atomic E-state index is -0.362. The molecule has 0 aliphatic carbocycles. The third-order valence-corrected chi connectivity index (χ3v) is 5.48. The van der Waals surface area contributed by atoms with Crippen molar-refractivity contribution >= 4 is 37.8 Å². The lowest BCUT2D eigenvalue weighted by molar-refractivity contribution is -0.159. The van der Waals surface area contributed by atoms with Crippen molar-refractivity contribution < 1.29 is 23.7 Å². The molecule has 2 rings (SSSR count). The molecule has 2 aliphatic heterocycles. The average Bonchev–Trinajstić information content (AvgIpc) is 2.94. The van der Waals surface area contributed by atoms with Crippen LogP contribution in [0.5, 0.6) is 0 Å². The van der Waals surface area contributed by atoms with Crippen molar-refractivity contribution in [2.24, 2.45) is 0 Å². The van der Waals surface area contributed by atoms with Crippen LogP contribution < -0.4 is 0 Å². The lowest BCUT2D eigenvalue weighted by Gasteiger charge is -2.27. The molecule has 2 aliphatic rings. The number of rotatable bonds is 3. The van der Waals surface area contributed by atoms with Gasteiger partial charge in [-0.1, -0.05) is 44.0 Å². The molecule has 7 unspecified atom stereocenters. The zero-order chi connectivity index (χ0) is 18.4. The Kier molecular flexibility index (Phi) is 8.39. The molecule has 0 aromatic carbocycles. The highest BCUT2D eigenvalue weighted by atomic mass is 79.9. The van der Waals surface area contributed by atoms with Crippen LogP contribution in [0.3, 0.4) is 0 Å². The van der Waals surface area contributed by atoms with Crippen molar-refractivity contribution in [2.45, 2.75) is 68.1 Å². The lowest BCUT2D eigenvalue weighted by Crippen LogP contribution is -2.36. The molecular weight excluding hydrogens is 456 g/mol. The maximum Gasteiger partial charge on any atom is 0.302 e. The van der Waals surface area contributed by atoms with Crippen molar-refractivity contribution in [2.75, 3.05) is 7.11 Å². The van der Waals surface area contributed by atoms with Gasteiger partial charge in [0, 0.05) is 30.3 Å². The first-order valence-electron chi connectivity index (χ1n) is 8.29. The summed E-state index contributed by atoms with van der Waals surface area (Å²) in [5.74, 6) is -0.315. The Balaban J connectivity index is 2.30. The molecule has 7 atom stereocenters. The van der Waals surface area contributed by atoms with E-state index >= 15 is 0 Å². The fourth-order valence-corrected chi connectivity index (χ4v) is 4.22. The molecule has 2 heterocycles. The van der Waals surface area contributed by atoms with Gasteiger partial charge in [-0.05, 0) is 19.4 Å². The number of alkyl halides is 1. The minimum absolute atomic E-state index is 0.126. The molecule has 0 N–H and O–H groups in total. The number of carbonyl (C=O) groups excluding carboxylic acids is 1. The molecule has 0 radical (unpaired) electrons. The Bertz CT molecular complexity index is 544. The highest BCUT2D eigenvalue weighted by Gasteiger charge is 2.43. The number of hydrogen-bond donors (Lipinski definition) is 0. The van der Waals surface area contributed by atoms with Crippen molar-refractivity contribution in [3.8, 4) is 0 Å². The van der Waals surface area contributed by atoms with Gasteiger partial charge in [0.1, 0.15) is 12.2 Å². The monoisotopic (exact) mass is 478 g/mol. The third kappa shape index (κ3) is 6.05. The predicted molar refractivity (Wildman–Crippen MR) is 102 cm³/mol. The lowest BCUT2D eigenvalue weighted by atomic mass is 10.0. The van der Waals surface area contributed by atoms with Crippen LogP contribution in [0.2, 0.25) is 0 Å². The van der Waals surface area contributed by atoms with Gasteiger partial charge in [-0.2, -0.15) is 0 Å². The van der Waals surface area contributed by atoms with E-state index in [2.05, 4.69) is 37.6 Å². The average molecular weight is 480 g/mol. The van der Waals surface area contributed by atoms with Gasteiger partial charge in [0.25, 0.3) is 0 Å². The van der Waals surface area contributed by atoms with Gasteiger partial charge in [-0.25, -0.2) is 0 Å². The van der Waals surface area contributed by atoms with Crippen LogP contribution in [-0.2, 0) is 23.7 Å². The molecule has 0 amide bonds. The second-order valence-electron chi connectivity index (χ2n) is 6.18. The minimum Gasteiger partial charge on any atom is -0.460 e. The first kappa shape index (κ1) is 20.9. The summed E-state index contributed by atoms with van der Waals surface area (Å²) >= 11 is 6.90. The van der Waals surface area contributed by atoms with Gasteiger partial charge in [0.15, 0.2) is 0 Å². The number of hydrogen-bond acceptors (Lipinski definition) is 5. The normalized spacial score (nSPS) is 38.4. The predicted octanol–water partition coefficient (Wildman–Crippen LogP) is 3.65. The van der Waals surface area contributed by atoms with E-state index in [1.165, 1.54) is 6.92 Å². The maximum absolute atomic E-state index is 11.5. The molecule has 140 valence electrons. The number of halogens is 2. The zero-order valence-electron chi connectivity index (χ0n) is 14.6. The van der Waals surface area contributed by atoms with Crippen molar-refractivity contribution in [3.63, 3.8) is 0 Å². The van der Waals surface area contributed by atoms with Gasteiger partial charge in [0.05, 0.1) is 24.4 Å². The summed E-state index contributed by atoms with van der Waals surface area (Å²) < 4.78 is 23.4. The Labute approximate surface area is 165 Å². The smallest absolute Gasteiger partial charge is 0.302 e. The van der Waals surface area contributed by atoms with Gasteiger partial charge in [-0.3, -0.25) is 4.79 Å². The Hall–Kier alpha value is -0.430. The summed E-state index contributed by atoms with van der Waals surface area (Å²) in [6, 6.07) is 0. The van der Waals surface area contributed by atoms with E-state index in [0.29, 0.717) is 6.42 Å². The molecule has 7 heteroatoms. The van der Waals surface area contributed by atoms with Crippen LogP contribution in [0.1, 0.15) is 26.7 Å². The van der Waals surface area contributed by atoms with Crippen LogP contribution in [-0.4, -0.2) is 54.5 Å². The van der Waals surface area contributed by atoms with E-state index in [9.17, 15) is 4.79 Å². The number of methoxy groups -OCH3 is 1. The topological polar surface area (TPSA) is 54.0 Å². The number of esters is 1. The fourth-order valence-electron chi connectivity index (χ4n) is 3.14. The van der Waals surface area contributed by atoms with E-state index < -0.39 is 0 Å². The Morgan fingerprint density at radius 3 is 2.72 bits per heavy atom. The van der Waals surface area contributed by atoms with Gasteiger partial charge >= 0.3 is 5.97 Å². The van der Waals surface area contributed by atoms with Crippen LogP contribution in [0.15, 0.2) is 28.9 Å². The maximum atomic E-state index is 11.5. The molecule has 25 heavy (non-hydrogen) atoms. The molecule has 0 aromatic rings. The van der Waals surface area contributed by atoms with Gasteiger partial charge in [0.2, 0.25) is 0 Å². The van der Waals surface area contributed by atoms with E-state index in [1.54, 1.807) is 12.1 Å². The summed E-state index contributed by atoms with van der Waals surface area (Å²) in [5.41, 5.74) is 2.99. The molecule has 0 spiro atoms. The van der Waals surface area contributed by atoms with Crippen molar-refractivity contribution in [1.82, 2.24) is 0 Å². The summed E-state index contributed by atoms with van der Waals surface area (Å²) in [7, 11) is 1.64. The summed E-state index contributed by atoms with van der Waals surface area (Å²) in [6.07, 6.45) is 5.69. The molecule has 0 saturated carbocycles. The number of carbonyl (C=O) groups is 1. The summed E-state index contributed by atoms with van der Waals surface area (Å²) in [4.78, 5) is 13.3. The second-order valence-corrected chi connectivity index (χ2v) is 7.82. The van der Waals surface area contributed by atoms with E-state index in [0.717, 1.165) is 6.42 Å². The quantitative estimate of drug-likeness (QED) is 0.267. The largest absolute Gasteiger partial charge is 0.460 e. The molecule has 2 bridgehead atoms. The summed E-state index contributed by atoms with van der Waals surface area (Å²) in [6.45, 7) is 3.40. The van der Waals surface area contributed by atoms with Crippen LogP contribution >= 0.6 is 31.9 Å². The molecule has 1 fully saturated rings. The van der Waals surface area contributed by atoms with Gasteiger partial charge in [-0.15, -0.1) is 5.73 Å². The number of fused-ring (bicyclic) bond motifs is 2. The summed E-state index contributed by atoms with van der Waals surface area (Å²) in [5, 5.41) is 0. The molecule has 5 nitrogen and oxygen atoms in total. The Morgan fingerprint density at radius 1 is 1.32 bits per heavy atom. The highest BCUT2D eigenvalue weighted by Crippen LogP contribution is 2.34. The molecule has 1 saturated heterocycles. The standard InChI is InChI=1S/C18H24Br2O5/c1-11-18-15(20)10-17(25-18)16(24-12(2)21)9-14(22-3)7-6-13(23-11)5-4-8-19/h5-8,11,13-18H,9-10H2,1-3H3. The highest BCUT2D eigenvalue weighted by molar-refractivity contribution is 9.11. The van der Waals surface area contributed by atoms with E-state index in [1.807, 2.05) is 25.2 Å². The molecule has 0 aromatic heterocycles. The number of ether oxygens (including phenoxy) is 4. The first-order valence-corrected chi connectivity index (χ1v) is 10.1. The van der Waals surface area contributed by atoms with Crippen LogP contribution in [0.4, 0.5) is 0 Å². The molecular formula is C18H24Br2O5. The van der Waals surface area contributed by atoms with Crippen molar-refractivity contribution in [3.05, 3.63) is 28.9 Å². The van der Waals surface area contributed by atoms with Gasteiger partial charge < -0.3 is 18.9 Å². The van der Waals surface area contributed by atoms with Crippen molar-refractivity contribution in [1.29, 1.82) is 0 Å². The van der Waals surface area contributed by atoms with Crippen LogP contribution in [0.25, 0.3) is 0 Å². The first-order chi connectivity index (χ1) is 11.9. The Morgan fingerprint density at radius 2 is 2.08 bits per heavy atom.